The maximum atomic E-state index is 13.0. The first-order valence-corrected chi connectivity index (χ1v) is 6.71. The van der Waals surface area contributed by atoms with Gasteiger partial charge in [0.05, 0.1) is 24.7 Å². The number of ether oxygens (including phenoxy) is 1. The molecule has 3 rings (SSSR count). The van der Waals surface area contributed by atoms with Crippen molar-refractivity contribution in [1.82, 2.24) is 14.8 Å². The van der Waals surface area contributed by atoms with Gasteiger partial charge in [-0.05, 0) is 24.3 Å². The largest absolute Gasteiger partial charge is 0.495 e. The molecule has 7 heteroatoms. The molecule has 0 saturated heterocycles. The van der Waals surface area contributed by atoms with Crippen LogP contribution in [-0.4, -0.2) is 21.9 Å². The van der Waals surface area contributed by atoms with E-state index < -0.39 is 11.9 Å². The second kappa shape index (κ2) is 5.75. The number of para-hydroxylation sites is 1. The van der Waals surface area contributed by atoms with Crippen molar-refractivity contribution in [3.8, 4) is 22.7 Å². The summed E-state index contributed by atoms with van der Waals surface area (Å²) in [5.74, 6) is 0.455. The van der Waals surface area contributed by atoms with Crippen LogP contribution in [0.1, 0.15) is 5.69 Å². The minimum atomic E-state index is -4.53. The van der Waals surface area contributed by atoms with Crippen LogP contribution in [0, 0.1) is 0 Å². The van der Waals surface area contributed by atoms with Crippen LogP contribution in [0.2, 0.25) is 0 Å². The third-order valence-corrected chi connectivity index (χ3v) is 3.25. The third kappa shape index (κ3) is 3.03. The molecule has 1 aromatic carbocycles. The van der Waals surface area contributed by atoms with E-state index >= 15 is 0 Å². The average Bonchev–Trinajstić information content (AvgIpc) is 3.01. The number of pyridine rings is 1. The standard InChI is InChI=1S/C16H12F3N3O/c1-23-13-7-11(9-20-10-13)14-8-15(16(17,18)19)21-22(14)12-5-3-2-4-6-12/h2-10H,1H3. The first kappa shape index (κ1) is 15.1. The molecule has 2 heterocycles. The SMILES string of the molecule is COc1cncc(-c2cc(C(F)(F)F)nn2-c2ccccc2)c1. The monoisotopic (exact) mass is 319 g/mol. The number of halogens is 3. The highest BCUT2D eigenvalue weighted by molar-refractivity contribution is 5.63. The van der Waals surface area contributed by atoms with E-state index in [1.807, 2.05) is 0 Å². The van der Waals surface area contributed by atoms with Crippen LogP contribution >= 0.6 is 0 Å². The number of aromatic nitrogens is 3. The van der Waals surface area contributed by atoms with Crippen molar-refractivity contribution in [2.45, 2.75) is 6.18 Å². The highest BCUT2D eigenvalue weighted by Gasteiger charge is 2.35. The summed E-state index contributed by atoms with van der Waals surface area (Å²) in [6.45, 7) is 0. The molecule has 0 fully saturated rings. The lowest BCUT2D eigenvalue weighted by Crippen LogP contribution is -2.07. The highest BCUT2D eigenvalue weighted by atomic mass is 19.4. The van der Waals surface area contributed by atoms with Crippen LogP contribution in [0.15, 0.2) is 54.9 Å². The predicted octanol–water partition coefficient (Wildman–Crippen LogP) is 3.96. The molecular formula is C16H12F3N3O. The second-order valence-electron chi connectivity index (χ2n) is 4.77. The second-order valence-corrected chi connectivity index (χ2v) is 4.77. The quantitative estimate of drug-likeness (QED) is 0.733. The fraction of sp³-hybridized carbons (Fsp3) is 0.125. The van der Waals surface area contributed by atoms with Crippen molar-refractivity contribution in [2.75, 3.05) is 7.11 Å². The fourth-order valence-corrected chi connectivity index (χ4v) is 2.16. The summed E-state index contributed by atoms with van der Waals surface area (Å²) in [6, 6.07) is 11.2. The zero-order valence-electron chi connectivity index (χ0n) is 12.1. The summed E-state index contributed by atoms with van der Waals surface area (Å²) in [4.78, 5) is 3.99. The molecule has 0 aliphatic rings. The average molecular weight is 319 g/mol. The molecule has 118 valence electrons. The van der Waals surface area contributed by atoms with Gasteiger partial charge in [0.1, 0.15) is 5.75 Å². The van der Waals surface area contributed by atoms with E-state index in [-0.39, 0.29) is 5.69 Å². The number of rotatable bonds is 3. The van der Waals surface area contributed by atoms with Crippen molar-refractivity contribution >= 4 is 0 Å². The molecule has 0 unspecified atom stereocenters. The smallest absolute Gasteiger partial charge is 0.435 e. The van der Waals surface area contributed by atoms with E-state index in [0.29, 0.717) is 17.0 Å². The molecule has 2 aromatic heterocycles. The number of benzene rings is 1. The lowest BCUT2D eigenvalue weighted by Gasteiger charge is -2.08. The Bertz CT molecular complexity index is 813. The molecule has 0 saturated carbocycles. The molecule has 0 aliphatic heterocycles. The number of hydrogen-bond donors (Lipinski definition) is 0. The summed E-state index contributed by atoms with van der Waals surface area (Å²) >= 11 is 0. The van der Waals surface area contributed by atoms with E-state index in [2.05, 4.69) is 10.1 Å². The summed E-state index contributed by atoms with van der Waals surface area (Å²) in [6.07, 6.45) is -1.57. The van der Waals surface area contributed by atoms with Gasteiger partial charge in [-0.1, -0.05) is 18.2 Å². The van der Waals surface area contributed by atoms with Crippen molar-refractivity contribution in [3.63, 3.8) is 0 Å². The third-order valence-electron chi connectivity index (χ3n) is 3.25. The Morgan fingerprint density at radius 2 is 1.78 bits per heavy atom. The number of nitrogens with zero attached hydrogens (tertiary/aromatic N) is 3. The molecule has 0 radical (unpaired) electrons. The van der Waals surface area contributed by atoms with Crippen molar-refractivity contribution in [1.29, 1.82) is 0 Å². The van der Waals surface area contributed by atoms with Gasteiger partial charge in [-0.3, -0.25) is 4.98 Å². The van der Waals surface area contributed by atoms with E-state index in [0.717, 1.165) is 6.07 Å². The first-order chi connectivity index (χ1) is 11.0. The Balaban J connectivity index is 2.20. The maximum absolute atomic E-state index is 13.0. The minimum absolute atomic E-state index is 0.287. The molecule has 3 aromatic rings. The summed E-state index contributed by atoms with van der Waals surface area (Å²) in [7, 11) is 1.47. The van der Waals surface area contributed by atoms with Crippen LogP contribution in [0.4, 0.5) is 13.2 Å². The minimum Gasteiger partial charge on any atom is -0.495 e. The first-order valence-electron chi connectivity index (χ1n) is 6.71. The Morgan fingerprint density at radius 1 is 1.04 bits per heavy atom. The molecule has 0 aliphatic carbocycles. The fourth-order valence-electron chi connectivity index (χ4n) is 2.16. The Labute approximate surface area is 130 Å². The van der Waals surface area contributed by atoms with Gasteiger partial charge in [0.25, 0.3) is 0 Å². The Kier molecular flexibility index (Phi) is 3.77. The molecule has 4 nitrogen and oxygen atoms in total. The van der Waals surface area contributed by atoms with Gasteiger partial charge in [-0.25, -0.2) is 4.68 Å². The number of hydrogen-bond acceptors (Lipinski definition) is 3. The van der Waals surface area contributed by atoms with E-state index in [1.165, 1.54) is 24.2 Å². The van der Waals surface area contributed by atoms with Gasteiger partial charge in [0.15, 0.2) is 5.69 Å². The molecule has 0 N–H and O–H groups in total. The van der Waals surface area contributed by atoms with Crippen LogP contribution in [0.5, 0.6) is 5.75 Å². The van der Waals surface area contributed by atoms with Crippen LogP contribution in [-0.2, 0) is 6.18 Å². The van der Waals surface area contributed by atoms with Crippen LogP contribution in [0.3, 0.4) is 0 Å². The van der Waals surface area contributed by atoms with Gasteiger partial charge >= 0.3 is 6.18 Å². The van der Waals surface area contributed by atoms with Gasteiger partial charge in [-0.2, -0.15) is 18.3 Å². The number of methoxy groups -OCH3 is 1. The van der Waals surface area contributed by atoms with E-state index in [4.69, 9.17) is 4.74 Å². The van der Waals surface area contributed by atoms with Crippen molar-refractivity contribution in [2.24, 2.45) is 0 Å². The predicted molar refractivity (Wildman–Crippen MR) is 78.3 cm³/mol. The maximum Gasteiger partial charge on any atom is 0.435 e. The summed E-state index contributed by atoms with van der Waals surface area (Å²) < 4.78 is 45.5. The lowest BCUT2D eigenvalue weighted by molar-refractivity contribution is -0.141. The molecule has 0 atom stereocenters. The van der Waals surface area contributed by atoms with Gasteiger partial charge < -0.3 is 4.74 Å². The highest BCUT2D eigenvalue weighted by Crippen LogP contribution is 2.33. The summed E-state index contributed by atoms with van der Waals surface area (Å²) in [5.41, 5.74) is 0.339. The van der Waals surface area contributed by atoms with Crippen LogP contribution in [0.25, 0.3) is 16.9 Å². The van der Waals surface area contributed by atoms with Crippen molar-refractivity contribution < 1.29 is 17.9 Å². The van der Waals surface area contributed by atoms with Crippen molar-refractivity contribution in [3.05, 3.63) is 60.6 Å². The number of alkyl halides is 3. The molecule has 0 amide bonds. The Morgan fingerprint density at radius 3 is 2.43 bits per heavy atom. The molecule has 0 spiro atoms. The summed E-state index contributed by atoms with van der Waals surface area (Å²) in [5, 5.41) is 3.71. The zero-order valence-corrected chi connectivity index (χ0v) is 12.1. The normalized spacial score (nSPS) is 11.5. The molecule has 0 bridgehead atoms. The Hall–Kier alpha value is -2.83. The molecule has 23 heavy (non-hydrogen) atoms. The lowest BCUT2D eigenvalue weighted by atomic mass is 10.2. The molecular weight excluding hydrogens is 307 g/mol. The topological polar surface area (TPSA) is 39.9 Å². The van der Waals surface area contributed by atoms with Crippen LogP contribution < -0.4 is 4.74 Å². The van der Waals surface area contributed by atoms with Gasteiger partial charge in [0, 0.05) is 11.8 Å². The van der Waals surface area contributed by atoms with Gasteiger partial charge in [-0.15, -0.1) is 0 Å². The van der Waals surface area contributed by atoms with E-state index in [9.17, 15) is 13.2 Å². The van der Waals surface area contributed by atoms with E-state index in [1.54, 1.807) is 36.4 Å². The zero-order chi connectivity index (χ0) is 16.4. The van der Waals surface area contributed by atoms with Gasteiger partial charge in [0.2, 0.25) is 0 Å².